The Morgan fingerprint density at radius 1 is 0.952 bits per heavy atom. The van der Waals surface area contributed by atoms with Gasteiger partial charge in [-0.25, -0.2) is 0 Å². The third kappa shape index (κ3) is 5.30. The first kappa shape index (κ1) is 16.3. The van der Waals surface area contributed by atoms with Crippen LogP contribution < -0.4 is 5.32 Å². The van der Waals surface area contributed by atoms with Crippen molar-refractivity contribution in [1.82, 2.24) is 10.2 Å². The SMILES string of the molecule is O=C(O)CC1(NC(=O)CN2CCCCCC2)CCCCC1. The van der Waals surface area contributed by atoms with Crippen LogP contribution in [0.3, 0.4) is 0 Å². The molecular weight excluding hydrogens is 268 g/mol. The van der Waals surface area contributed by atoms with Gasteiger partial charge in [-0.05, 0) is 38.8 Å². The Bertz CT molecular complexity index is 357. The molecule has 2 fully saturated rings. The van der Waals surface area contributed by atoms with E-state index in [1.54, 1.807) is 0 Å². The molecule has 0 spiro atoms. The zero-order valence-corrected chi connectivity index (χ0v) is 12.9. The van der Waals surface area contributed by atoms with Crippen molar-refractivity contribution in [2.24, 2.45) is 0 Å². The normalized spacial score (nSPS) is 23.2. The van der Waals surface area contributed by atoms with E-state index in [1.165, 1.54) is 12.8 Å². The predicted molar refractivity (Wildman–Crippen MR) is 81.1 cm³/mol. The van der Waals surface area contributed by atoms with Crippen LogP contribution in [0.2, 0.25) is 0 Å². The number of hydrogen-bond donors (Lipinski definition) is 2. The first-order chi connectivity index (χ1) is 10.1. The van der Waals surface area contributed by atoms with Crippen molar-refractivity contribution in [3.8, 4) is 0 Å². The summed E-state index contributed by atoms with van der Waals surface area (Å²) in [5.74, 6) is -0.813. The maximum Gasteiger partial charge on any atom is 0.305 e. The number of aliphatic carboxylic acids is 1. The van der Waals surface area contributed by atoms with Crippen LogP contribution in [0.4, 0.5) is 0 Å². The number of rotatable bonds is 5. The fraction of sp³-hybridized carbons (Fsp3) is 0.875. The van der Waals surface area contributed by atoms with Crippen LogP contribution in [0.5, 0.6) is 0 Å². The monoisotopic (exact) mass is 296 g/mol. The summed E-state index contributed by atoms with van der Waals surface area (Å²) < 4.78 is 0. The smallest absolute Gasteiger partial charge is 0.305 e. The maximum absolute atomic E-state index is 12.3. The van der Waals surface area contributed by atoms with E-state index < -0.39 is 11.5 Å². The fourth-order valence-corrected chi connectivity index (χ4v) is 3.70. The standard InChI is InChI=1S/C16H28N2O3/c19-14(13-18-10-6-1-2-7-11-18)17-16(12-15(20)21)8-4-3-5-9-16/h1-13H2,(H,17,19)(H,20,21). The largest absolute Gasteiger partial charge is 0.481 e. The van der Waals surface area contributed by atoms with E-state index in [4.69, 9.17) is 5.11 Å². The molecule has 2 rings (SSSR count). The van der Waals surface area contributed by atoms with Gasteiger partial charge in [0.25, 0.3) is 0 Å². The average Bonchev–Trinajstić information content (AvgIpc) is 2.67. The minimum atomic E-state index is -0.813. The number of carbonyl (C=O) groups excluding carboxylic acids is 1. The van der Waals surface area contributed by atoms with Gasteiger partial charge in [-0.1, -0.05) is 32.1 Å². The first-order valence-electron chi connectivity index (χ1n) is 8.35. The number of nitrogens with zero attached hydrogens (tertiary/aromatic N) is 1. The van der Waals surface area contributed by atoms with Gasteiger partial charge in [0.2, 0.25) is 5.91 Å². The average molecular weight is 296 g/mol. The van der Waals surface area contributed by atoms with Crippen LogP contribution in [-0.2, 0) is 9.59 Å². The second kappa shape index (κ2) is 7.78. The Balaban J connectivity index is 1.89. The molecule has 1 aliphatic heterocycles. The van der Waals surface area contributed by atoms with Gasteiger partial charge < -0.3 is 10.4 Å². The number of amides is 1. The Kier molecular flexibility index (Phi) is 6.03. The topological polar surface area (TPSA) is 69.6 Å². The van der Waals surface area contributed by atoms with Gasteiger partial charge in [0.05, 0.1) is 18.5 Å². The lowest BCUT2D eigenvalue weighted by Gasteiger charge is -2.37. The third-order valence-corrected chi connectivity index (χ3v) is 4.77. The molecule has 1 heterocycles. The summed E-state index contributed by atoms with van der Waals surface area (Å²) in [7, 11) is 0. The second-order valence-corrected chi connectivity index (χ2v) is 6.65. The van der Waals surface area contributed by atoms with Crippen LogP contribution in [0.15, 0.2) is 0 Å². The quantitative estimate of drug-likeness (QED) is 0.815. The Morgan fingerprint density at radius 2 is 1.52 bits per heavy atom. The van der Waals surface area contributed by atoms with Crippen LogP contribution in [0.25, 0.3) is 0 Å². The van der Waals surface area contributed by atoms with E-state index in [9.17, 15) is 9.59 Å². The van der Waals surface area contributed by atoms with Crippen molar-refractivity contribution in [2.75, 3.05) is 19.6 Å². The van der Waals surface area contributed by atoms with Gasteiger partial charge >= 0.3 is 5.97 Å². The molecule has 120 valence electrons. The highest BCUT2D eigenvalue weighted by molar-refractivity contribution is 5.80. The van der Waals surface area contributed by atoms with Gasteiger partial charge in [-0.3, -0.25) is 14.5 Å². The molecule has 0 bridgehead atoms. The number of carboxylic acid groups (broad SMARTS) is 1. The maximum atomic E-state index is 12.3. The molecule has 2 aliphatic rings. The predicted octanol–water partition coefficient (Wildman–Crippen LogP) is 2.16. The number of carbonyl (C=O) groups is 2. The number of likely N-dealkylation sites (tertiary alicyclic amines) is 1. The molecule has 0 aromatic carbocycles. The first-order valence-corrected chi connectivity index (χ1v) is 8.35. The van der Waals surface area contributed by atoms with E-state index in [2.05, 4.69) is 10.2 Å². The van der Waals surface area contributed by atoms with Gasteiger partial charge in [-0.2, -0.15) is 0 Å². The highest BCUT2D eigenvalue weighted by atomic mass is 16.4. The van der Waals surface area contributed by atoms with Crippen LogP contribution >= 0.6 is 0 Å². The van der Waals surface area contributed by atoms with Gasteiger partial charge in [-0.15, -0.1) is 0 Å². The molecule has 2 N–H and O–H groups in total. The van der Waals surface area contributed by atoms with Crippen molar-refractivity contribution >= 4 is 11.9 Å². The molecule has 0 aromatic heterocycles. The van der Waals surface area contributed by atoms with Crippen molar-refractivity contribution in [2.45, 2.75) is 69.7 Å². The van der Waals surface area contributed by atoms with Crippen molar-refractivity contribution in [3.63, 3.8) is 0 Å². The molecule has 1 amide bonds. The zero-order chi connectivity index (χ0) is 15.1. The van der Waals surface area contributed by atoms with E-state index in [-0.39, 0.29) is 12.3 Å². The van der Waals surface area contributed by atoms with E-state index in [1.807, 2.05) is 0 Å². The van der Waals surface area contributed by atoms with Crippen LogP contribution in [0, 0.1) is 0 Å². The number of nitrogens with one attached hydrogen (secondary N) is 1. The Morgan fingerprint density at radius 3 is 2.10 bits per heavy atom. The summed E-state index contributed by atoms with van der Waals surface area (Å²) in [6.07, 6.45) is 9.63. The van der Waals surface area contributed by atoms with Gasteiger partial charge in [0.1, 0.15) is 0 Å². The summed E-state index contributed by atoms with van der Waals surface area (Å²) >= 11 is 0. The molecule has 5 heteroatoms. The summed E-state index contributed by atoms with van der Waals surface area (Å²) in [4.78, 5) is 25.7. The molecule has 0 aromatic rings. The fourth-order valence-electron chi connectivity index (χ4n) is 3.70. The van der Waals surface area contributed by atoms with E-state index in [0.717, 1.165) is 58.0 Å². The molecular formula is C16H28N2O3. The lowest BCUT2D eigenvalue weighted by atomic mass is 9.79. The summed E-state index contributed by atoms with van der Waals surface area (Å²) in [6.45, 7) is 2.39. The highest BCUT2D eigenvalue weighted by Crippen LogP contribution is 2.31. The minimum absolute atomic E-state index is 0.0000463. The molecule has 1 aliphatic carbocycles. The van der Waals surface area contributed by atoms with E-state index >= 15 is 0 Å². The molecule has 21 heavy (non-hydrogen) atoms. The lowest BCUT2D eigenvalue weighted by Crippen LogP contribution is -2.53. The minimum Gasteiger partial charge on any atom is -0.481 e. The van der Waals surface area contributed by atoms with Gasteiger partial charge in [0.15, 0.2) is 0 Å². The van der Waals surface area contributed by atoms with Crippen molar-refractivity contribution in [1.29, 1.82) is 0 Å². The van der Waals surface area contributed by atoms with Gasteiger partial charge in [0, 0.05) is 0 Å². The van der Waals surface area contributed by atoms with E-state index in [0.29, 0.717) is 6.54 Å². The molecule has 0 atom stereocenters. The lowest BCUT2D eigenvalue weighted by molar-refractivity contribution is -0.139. The number of carboxylic acids is 1. The van der Waals surface area contributed by atoms with Crippen molar-refractivity contribution in [3.05, 3.63) is 0 Å². The van der Waals surface area contributed by atoms with Crippen LogP contribution in [0.1, 0.15) is 64.2 Å². The third-order valence-electron chi connectivity index (χ3n) is 4.77. The summed E-state index contributed by atoms with van der Waals surface area (Å²) in [6, 6.07) is 0. The Hall–Kier alpha value is -1.10. The molecule has 1 saturated heterocycles. The van der Waals surface area contributed by atoms with Crippen molar-refractivity contribution < 1.29 is 14.7 Å². The zero-order valence-electron chi connectivity index (χ0n) is 12.9. The number of hydrogen-bond acceptors (Lipinski definition) is 3. The highest BCUT2D eigenvalue weighted by Gasteiger charge is 2.35. The summed E-state index contributed by atoms with van der Waals surface area (Å²) in [5.41, 5.74) is -0.507. The second-order valence-electron chi connectivity index (χ2n) is 6.65. The molecule has 1 saturated carbocycles. The Labute approximate surface area is 127 Å². The van der Waals surface area contributed by atoms with Crippen LogP contribution in [-0.4, -0.2) is 47.1 Å². The molecule has 5 nitrogen and oxygen atoms in total. The molecule has 0 radical (unpaired) electrons. The summed E-state index contributed by atoms with van der Waals surface area (Å²) in [5, 5.41) is 12.2. The molecule has 0 unspecified atom stereocenters.